The average molecular weight is 166 g/mol. The summed E-state index contributed by atoms with van der Waals surface area (Å²) in [6.07, 6.45) is 2.99. The topological polar surface area (TPSA) is 34.1 Å². The monoisotopic (exact) mass is 166 g/mol. The SMILES string of the molecule is C=CC(C(C)=O)C(C=C)C(C)=O. The van der Waals surface area contributed by atoms with Gasteiger partial charge >= 0.3 is 0 Å². The smallest absolute Gasteiger partial charge is 0.137 e. The van der Waals surface area contributed by atoms with Crippen molar-refractivity contribution in [3.8, 4) is 0 Å². The summed E-state index contributed by atoms with van der Waals surface area (Å²) in [5.74, 6) is -0.935. The van der Waals surface area contributed by atoms with Gasteiger partial charge in [0, 0.05) is 11.8 Å². The van der Waals surface area contributed by atoms with Crippen molar-refractivity contribution in [2.45, 2.75) is 13.8 Å². The number of hydrogen-bond donors (Lipinski definition) is 0. The van der Waals surface area contributed by atoms with Gasteiger partial charge in [-0.3, -0.25) is 9.59 Å². The molecule has 0 rings (SSSR count). The van der Waals surface area contributed by atoms with Crippen LogP contribution < -0.4 is 0 Å². The summed E-state index contributed by atoms with van der Waals surface area (Å²) in [7, 11) is 0. The summed E-state index contributed by atoms with van der Waals surface area (Å²) >= 11 is 0. The van der Waals surface area contributed by atoms with Crippen molar-refractivity contribution in [1.82, 2.24) is 0 Å². The molecule has 0 aromatic rings. The lowest BCUT2D eigenvalue weighted by Gasteiger charge is -2.15. The summed E-state index contributed by atoms with van der Waals surface area (Å²) in [6, 6.07) is 0. The van der Waals surface area contributed by atoms with E-state index < -0.39 is 11.8 Å². The average Bonchev–Trinajstić information content (AvgIpc) is 1.98. The van der Waals surface area contributed by atoms with Gasteiger partial charge in [-0.05, 0) is 13.8 Å². The predicted molar refractivity (Wildman–Crippen MR) is 48.7 cm³/mol. The van der Waals surface area contributed by atoms with Crippen LogP contribution >= 0.6 is 0 Å². The maximum absolute atomic E-state index is 11.0. The van der Waals surface area contributed by atoms with Crippen molar-refractivity contribution in [3.63, 3.8) is 0 Å². The summed E-state index contributed by atoms with van der Waals surface area (Å²) in [5.41, 5.74) is 0. The Morgan fingerprint density at radius 3 is 1.33 bits per heavy atom. The molecule has 0 saturated heterocycles. The zero-order valence-electron chi connectivity index (χ0n) is 7.54. The van der Waals surface area contributed by atoms with Gasteiger partial charge in [0.1, 0.15) is 11.6 Å². The number of allylic oxidation sites excluding steroid dienone is 2. The van der Waals surface area contributed by atoms with E-state index in [0.717, 1.165) is 0 Å². The fourth-order valence-electron chi connectivity index (χ4n) is 1.13. The first kappa shape index (κ1) is 10.8. The van der Waals surface area contributed by atoms with Crippen molar-refractivity contribution in [2.24, 2.45) is 11.8 Å². The van der Waals surface area contributed by atoms with Crippen LogP contribution in [-0.4, -0.2) is 11.6 Å². The number of carbonyl (C=O) groups excluding carboxylic acids is 2. The third-order valence-corrected chi connectivity index (χ3v) is 1.83. The molecule has 0 saturated carbocycles. The van der Waals surface area contributed by atoms with Crippen LogP contribution in [0.15, 0.2) is 25.3 Å². The second-order valence-electron chi connectivity index (χ2n) is 2.74. The van der Waals surface area contributed by atoms with Crippen LogP contribution in [0.2, 0.25) is 0 Å². The van der Waals surface area contributed by atoms with Crippen LogP contribution in [0.1, 0.15) is 13.8 Å². The summed E-state index contributed by atoms with van der Waals surface area (Å²) in [5, 5.41) is 0. The molecule has 0 amide bonds. The lowest BCUT2D eigenvalue weighted by molar-refractivity contribution is -0.127. The minimum Gasteiger partial charge on any atom is -0.299 e. The van der Waals surface area contributed by atoms with E-state index in [1.54, 1.807) is 0 Å². The van der Waals surface area contributed by atoms with E-state index in [2.05, 4.69) is 13.2 Å². The highest BCUT2D eigenvalue weighted by molar-refractivity contribution is 5.89. The zero-order chi connectivity index (χ0) is 9.72. The van der Waals surface area contributed by atoms with E-state index in [4.69, 9.17) is 0 Å². The number of rotatable bonds is 5. The zero-order valence-corrected chi connectivity index (χ0v) is 7.54. The van der Waals surface area contributed by atoms with Crippen LogP contribution in [-0.2, 0) is 9.59 Å². The third-order valence-electron chi connectivity index (χ3n) is 1.83. The van der Waals surface area contributed by atoms with Crippen molar-refractivity contribution >= 4 is 11.6 Å². The Labute approximate surface area is 73.0 Å². The predicted octanol–water partition coefficient (Wildman–Crippen LogP) is 1.77. The van der Waals surface area contributed by atoms with Gasteiger partial charge in [-0.1, -0.05) is 12.2 Å². The Balaban J connectivity index is 4.66. The van der Waals surface area contributed by atoms with E-state index in [-0.39, 0.29) is 11.6 Å². The Bertz CT molecular complexity index is 192. The first-order valence-electron chi connectivity index (χ1n) is 3.80. The van der Waals surface area contributed by atoms with Crippen LogP contribution in [0.25, 0.3) is 0 Å². The highest BCUT2D eigenvalue weighted by atomic mass is 16.1. The standard InChI is InChI=1S/C10H14O2/c1-5-9(7(3)11)10(6-2)8(4)12/h5-6,9-10H,1-2H2,3-4H3. The molecule has 2 atom stereocenters. The fraction of sp³-hybridized carbons (Fsp3) is 0.400. The second kappa shape index (κ2) is 4.65. The molecule has 0 radical (unpaired) electrons. The minimum absolute atomic E-state index is 0.0508. The van der Waals surface area contributed by atoms with Gasteiger partial charge < -0.3 is 0 Å². The Morgan fingerprint density at radius 2 is 1.25 bits per heavy atom. The second-order valence-corrected chi connectivity index (χ2v) is 2.74. The molecule has 2 nitrogen and oxygen atoms in total. The maximum atomic E-state index is 11.0. The normalized spacial score (nSPS) is 14.5. The first-order valence-corrected chi connectivity index (χ1v) is 3.80. The maximum Gasteiger partial charge on any atom is 0.137 e. The van der Waals surface area contributed by atoms with Gasteiger partial charge in [0.15, 0.2) is 0 Å². The Kier molecular flexibility index (Phi) is 4.19. The van der Waals surface area contributed by atoms with Gasteiger partial charge in [0.25, 0.3) is 0 Å². The van der Waals surface area contributed by atoms with Crippen LogP contribution in [0.3, 0.4) is 0 Å². The molecule has 0 aliphatic heterocycles. The number of Topliss-reactive ketones (excluding diaryl/α,β-unsaturated/α-hetero) is 2. The van der Waals surface area contributed by atoms with Crippen molar-refractivity contribution < 1.29 is 9.59 Å². The highest BCUT2D eigenvalue weighted by Crippen LogP contribution is 2.16. The molecule has 2 unspecified atom stereocenters. The fourth-order valence-corrected chi connectivity index (χ4v) is 1.13. The van der Waals surface area contributed by atoms with Gasteiger partial charge in [-0.15, -0.1) is 13.2 Å². The van der Waals surface area contributed by atoms with Crippen LogP contribution in [0.4, 0.5) is 0 Å². The Hall–Kier alpha value is -1.18. The molecule has 66 valence electrons. The van der Waals surface area contributed by atoms with Gasteiger partial charge in [-0.25, -0.2) is 0 Å². The molecular formula is C10H14O2. The van der Waals surface area contributed by atoms with Crippen molar-refractivity contribution in [3.05, 3.63) is 25.3 Å². The van der Waals surface area contributed by atoms with Crippen LogP contribution in [0.5, 0.6) is 0 Å². The highest BCUT2D eigenvalue weighted by Gasteiger charge is 2.23. The van der Waals surface area contributed by atoms with Gasteiger partial charge in [0.2, 0.25) is 0 Å². The molecule has 0 heterocycles. The van der Waals surface area contributed by atoms with Crippen LogP contribution in [0, 0.1) is 11.8 Å². The summed E-state index contributed by atoms with van der Waals surface area (Å²) in [6.45, 7) is 9.93. The molecule has 0 bridgehead atoms. The molecule has 0 aliphatic carbocycles. The molecule has 12 heavy (non-hydrogen) atoms. The molecule has 0 aromatic heterocycles. The molecular weight excluding hydrogens is 152 g/mol. The van der Waals surface area contributed by atoms with E-state index >= 15 is 0 Å². The summed E-state index contributed by atoms with van der Waals surface area (Å²) in [4.78, 5) is 22.0. The molecule has 0 aromatic carbocycles. The first-order chi connectivity index (χ1) is 5.54. The molecule has 2 heteroatoms. The van der Waals surface area contributed by atoms with E-state index in [0.29, 0.717) is 0 Å². The number of carbonyl (C=O) groups is 2. The lowest BCUT2D eigenvalue weighted by atomic mass is 9.86. The third kappa shape index (κ3) is 2.46. The molecule has 0 N–H and O–H groups in total. The summed E-state index contributed by atoms with van der Waals surface area (Å²) < 4.78 is 0. The van der Waals surface area contributed by atoms with Gasteiger partial charge in [-0.2, -0.15) is 0 Å². The number of ketones is 2. The van der Waals surface area contributed by atoms with E-state index in [9.17, 15) is 9.59 Å². The van der Waals surface area contributed by atoms with E-state index in [1.807, 2.05) is 0 Å². The molecule has 0 aliphatic rings. The van der Waals surface area contributed by atoms with E-state index in [1.165, 1.54) is 26.0 Å². The quantitative estimate of drug-likeness (QED) is 0.583. The van der Waals surface area contributed by atoms with Crippen molar-refractivity contribution in [1.29, 1.82) is 0 Å². The lowest BCUT2D eigenvalue weighted by Crippen LogP contribution is -2.23. The van der Waals surface area contributed by atoms with Gasteiger partial charge in [0.05, 0.1) is 0 Å². The Morgan fingerprint density at radius 1 is 1.00 bits per heavy atom. The van der Waals surface area contributed by atoms with Crippen molar-refractivity contribution in [2.75, 3.05) is 0 Å². The molecule has 0 fully saturated rings. The minimum atomic E-state index is -0.417. The molecule has 0 spiro atoms. The number of hydrogen-bond acceptors (Lipinski definition) is 2. The largest absolute Gasteiger partial charge is 0.299 e.